The van der Waals surface area contributed by atoms with E-state index in [1.54, 1.807) is 5.69 Å². The van der Waals surface area contributed by atoms with Crippen LogP contribution >= 0.6 is 0 Å². The molecule has 3 unspecified atom stereocenters. The van der Waals surface area contributed by atoms with Gasteiger partial charge in [0.25, 0.3) is 0 Å². The number of hydrogen-bond acceptors (Lipinski definition) is 2. The van der Waals surface area contributed by atoms with E-state index < -0.39 is 0 Å². The van der Waals surface area contributed by atoms with Crippen LogP contribution in [0.3, 0.4) is 0 Å². The van der Waals surface area contributed by atoms with Gasteiger partial charge in [0, 0.05) is 11.7 Å². The lowest BCUT2D eigenvalue weighted by molar-refractivity contribution is 0.196. The van der Waals surface area contributed by atoms with Gasteiger partial charge in [-0.1, -0.05) is 26.7 Å². The molecule has 2 aliphatic carbocycles. The van der Waals surface area contributed by atoms with Crippen LogP contribution in [0.1, 0.15) is 76.2 Å². The number of nitrogens with zero attached hydrogens (tertiary/aromatic N) is 2. The molecule has 1 N–H and O–H groups in total. The summed E-state index contributed by atoms with van der Waals surface area (Å²) in [6, 6.07) is 1.27. The van der Waals surface area contributed by atoms with E-state index in [4.69, 9.17) is 4.98 Å². The first-order valence-corrected chi connectivity index (χ1v) is 9.11. The maximum Gasteiger partial charge on any atom is 0.0954 e. The van der Waals surface area contributed by atoms with Crippen LogP contribution in [0, 0.1) is 5.92 Å². The minimum Gasteiger partial charge on any atom is -0.330 e. The minimum absolute atomic E-state index is 0.629. The maximum atomic E-state index is 4.73. The number of fused-ring (bicyclic) bond motifs is 1. The fourth-order valence-corrected chi connectivity index (χ4v) is 4.49. The molecule has 2 aliphatic rings. The highest BCUT2D eigenvalue weighted by Crippen LogP contribution is 2.37. The third-order valence-electron chi connectivity index (χ3n) is 5.51. The van der Waals surface area contributed by atoms with Crippen molar-refractivity contribution in [3.63, 3.8) is 0 Å². The fourth-order valence-electron chi connectivity index (χ4n) is 4.49. The number of likely N-dealkylation sites (N-methyl/N-ethyl adjacent to an activating group) is 1. The Morgan fingerprint density at radius 3 is 2.90 bits per heavy atom. The Labute approximate surface area is 129 Å². The Morgan fingerprint density at radius 2 is 2.10 bits per heavy atom. The van der Waals surface area contributed by atoms with Gasteiger partial charge < -0.3 is 9.88 Å². The van der Waals surface area contributed by atoms with Gasteiger partial charge in [-0.25, -0.2) is 4.98 Å². The second kappa shape index (κ2) is 6.95. The quantitative estimate of drug-likeness (QED) is 0.891. The van der Waals surface area contributed by atoms with Gasteiger partial charge in [-0.2, -0.15) is 0 Å². The van der Waals surface area contributed by atoms with E-state index in [1.165, 1.54) is 63.5 Å². The average molecular weight is 289 g/mol. The number of hydrogen-bond donors (Lipinski definition) is 1. The maximum absolute atomic E-state index is 4.73. The van der Waals surface area contributed by atoms with Crippen molar-refractivity contribution in [1.29, 1.82) is 0 Å². The third-order valence-corrected chi connectivity index (χ3v) is 5.51. The van der Waals surface area contributed by atoms with Gasteiger partial charge in [-0.05, 0) is 57.4 Å². The van der Waals surface area contributed by atoms with Crippen molar-refractivity contribution in [3.8, 4) is 0 Å². The highest BCUT2D eigenvalue weighted by molar-refractivity contribution is 5.18. The number of rotatable bonds is 5. The molecule has 1 aromatic rings. The number of nitrogens with one attached hydrogen (secondary N) is 1. The standard InChI is InChI=1S/C18H31N3/c1-3-7-14-10-11-16(19-4-2)18(12-14)21-13-20-15-8-5-6-9-17(15)21/h13-14,16,18-19H,3-12H2,1-2H3. The second-order valence-electron chi connectivity index (χ2n) is 6.95. The van der Waals surface area contributed by atoms with Crippen LogP contribution in [-0.4, -0.2) is 22.1 Å². The van der Waals surface area contributed by atoms with E-state index in [1.807, 2.05) is 0 Å². The highest BCUT2D eigenvalue weighted by atomic mass is 15.1. The van der Waals surface area contributed by atoms with Crippen molar-refractivity contribution in [2.75, 3.05) is 6.54 Å². The van der Waals surface area contributed by atoms with E-state index >= 15 is 0 Å². The Balaban J connectivity index is 1.82. The lowest BCUT2D eigenvalue weighted by atomic mass is 9.79. The molecule has 3 rings (SSSR count). The van der Waals surface area contributed by atoms with Gasteiger partial charge >= 0.3 is 0 Å². The topological polar surface area (TPSA) is 29.9 Å². The molecule has 0 aliphatic heterocycles. The Bertz CT molecular complexity index is 451. The van der Waals surface area contributed by atoms with Gasteiger partial charge in [0.1, 0.15) is 0 Å². The Kier molecular flexibility index (Phi) is 4.99. The van der Waals surface area contributed by atoms with Crippen LogP contribution in [0.15, 0.2) is 6.33 Å². The van der Waals surface area contributed by atoms with E-state index in [2.05, 4.69) is 30.1 Å². The molecule has 0 amide bonds. The molecule has 1 heterocycles. The summed E-state index contributed by atoms with van der Waals surface area (Å²) in [5.41, 5.74) is 2.93. The van der Waals surface area contributed by atoms with E-state index in [0.29, 0.717) is 12.1 Å². The molecular formula is C18H31N3. The summed E-state index contributed by atoms with van der Waals surface area (Å²) in [5.74, 6) is 0.913. The summed E-state index contributed by atoms with van der Waals surface area (Å²) in [6.45, 7) is 5.64. The van der Waals surface area contributed by atoms with Crippen molar-refractivity contribution in [2.24, 2.45) is 5.92 Å². The summed E-state index contributed by atoms with van der Waals surface area (Å²) in [5, 5.41) is 3.74. The molecule has 3 atom stereocenters. The molecule has 1 aromatic heterocycles. The summed E-state index contributed by atoms with van der Waals surface area (Å²) in [6.07, 6.45) is 14.0. The van der Waals surface area contributed by atoms with Gasteiger partial charge in [0.2, 0.25) is 0 Å². The molecule has 3 heteroatoms. The van der Waals surface area contributed by atoms with Gasteiger partial charge in [-0.15, -0.1) is 0 Å². The molecule has 0 spiro atoms. The average Bonchev–Trinajstić information content (AvgIpc) is 2.93. The zero-order valence-electron chi connectivity index (χ0n) is 13.8. The van der Waals surface area contributed by atoms with E-state index in [0.717, 1.165) is 12.5 Å². The van der Waals surface area contributed by atoms with Crippen molar-refractivity contribution in [3.05, 3.63) is 17.7 Å². The van der Waals surface area contributed by atoms with Gasteiger partial charge in [0.15, 0.2) is 0 Å². The van der Waals surface area contributed by atoms with Crippen LogP contribution in [0.25, 0.3) is 0 Å². The predicted octanol–water partition coefficient (Wildman–Crippen LogP) is 3.88. The van der Waals surface area contributed by atoms with Crippen molar-refractivity contribution < 1.29 is 0 Å². The van der Waals surface area contributed by atoms with E-state index in [9.17, 15) is 0 Å². The van der Waals surface area contributed by atoms with Crippen LogP contribution in [0.5, 0.6) is 0 Å². The molecule has 1 fully saturated rings. The number of aromatic nitrogens is 2. The minimum atomic E-state index is 0.629. The van der Waals surface area contributed by atoms with Crippen LogP contribution in [-0.2, 0) is 12.8 Å². The first kappa shape index (κ1) is 15.1. The highest BCUT2D eigenvalue weighted by Gasteiger charge is 2.32. The zero-order valence-corrected chi connectivity index (χ0v) is 13.8. The first-order chi connectivity index (χ1) is 10.3. The van der Waals surface area contributed by atoms with Gasteiger partial charge in [0.05, 0.1) is 18.1 Å². The summed E-state index contributed by atoms with van der Waals surface area (Å²) in [4.78, 5) is 4.73. The number of aryl methyl sites for hydroxylation is 1. The molecular weight excluding hydrogens is 258 g/mol. The number of imidazole rings is 1. The SMILES string of the molecule is CCCC1CCC(NCC)C(n2cnc3c2CCCC3)C1. The lowest BCUT2D eigenvalue weighted by Gasteiger charge is -2.38. The molecule has 1 saturated carbocycles. The smallest absolute Gasteiger partial charge is 0.0954 e. The second-order valence-corrected chi connectivity index (χ2v) is 6.95. The van der Waals surface area contributed by atoms with Crippen LogP contribution in [0.2, 0.25) is 0 Å². The van der Waals surface area contributed by atoms with Crippen molar-refractivity contribution in [2.45, 2.75) is 83.7 Å². The molecule has 21 heavy (non-hydrogen) atoms. The molecule has 0 saturated heterocycles. The van der Waals surface area contributed by atoms with E-state index in [-0.39, 0.29) is 0 Å². The van der Waals surface area contributed by atoms with Crippen molar-refractivity contribution >= 4 is 0 Å². The molecule has 118 valence electrons. The summed E-state index contributed by atoms with van der Waals surface area (Å²) >= 11 is 0. The molecule has 0 aromatic carbocycles. The predicted molar refractivity (Wildman–Crippen MR) is 87.6 cm³/mol. The Hall–Kier alpha value is -0.830. The lowest BCUT2D eigenvalue weighted by Crippen LogP contribution is -2.42. The monoisotopic (exact) mass is 289 g/mol. The third kappa shape index (κ3) is 3.18. The van der Waals surface area contributed by atoms with Crippen LogP contribution < -0.4 is 5.32 Å². The largest absolute Gasteiger partial charge is 0.330 e. The van der Waals surface area contributed by atoms with Gasteiger partial charge in [-0.3, -0.25) is 0 Å². The molecule has 0 radical (unpaired) electrons. The zero-order chi connectivity index (χ0) is 14.7. The Morgan fingerprint density at radius 1 is 1.24 bits per heavy atom. The molecule has 0 bridgehead atoms. The summed E-state index contributed by atoms with van der Waals surface area (Å²) in [7, 11) is 0. The van der Waals surface area contributed by atoms with Crippen molar-refractivity contribution in [1.82, 2.24) is 14.9 Å². The first-order valence-electron chi connectivity index (χ1n) is 9.11. The van der Waals surface area contributed by atoms with Crippen LogP contribution in [0.4, 0.5) is 0 Å². The fraction of sp³-hybridized carbons (Fsp3) is 0.833. The normalized spacial score (nSPS) is 29.3. The molecule has 3 nitrogen and oxygen atoms in total. The summed E-state index contributed by atoms with van der Waals surface area (Å²) < 4.78 is 2.56.